The van der Waals surface area contributed by atoms with Crippen molar-refractivity contribution in [2.75, 3.05) is 11.6 Å². The predicted octanol–water partition coefficient (Wildman–Crippen LogP) is 2.08. The fourth-order valence-electron chi connectivity index (χ4n) is 1.41. The molecular formula is C11H17ClN2O2S. The number of rotatable bonds is 7. The van der Waals surface area contributed by atoms with Crippen LogP contribution in [0, 0.1) is 0 Å². The van der Waals surface area contributed by atoms with Crippen LogP contribution in [0.1, 0.15) is 31.5 Å². The number of hydrogen-bond donors (Lipinski definition) is 1. The van der Waals surface area contributed by atoms with E-state index in [4.69, 9.17) is 11.6 Å². The van der Waals surface area contributed by atoms with Gasteiger partial charge >= 0.3 is 0 Å². The first-order valence-corrected chi connectivity index (χ1v) is 7.71. The van der Waals surface area contributed by atoms with Crippen molar-refractivity contribution in [2.24, 2.45) is 0 Å². The van der Waals surface area contributed by atoms with E-state index >= 15 is 0 Å². The average molecular weight is 277 g/mol. The zero-order valence-electron chi connectivity index (χ0n) is 9.77. The lowest BCUT2D eigenvalue weighted by Gasteiger charge is -2.13. The van der Waals surface area contributed by atoms with E-state index in [1.807, 2.05) is 6.07 Å². The summed E-state index contributed by atoms with van der Waals surface area (Å²) in [6.07, 6.45) is 2.93. The highest BCUT2D eigenvalue weighted by molar-refractivity contribution is 7.89. The fourth-order valence-corrected chi connectivity index (χ4v) is 2.96. The van der Waals surface area contributed by atoms with Crippen LogP contribution in [0.5, 0.6) is 0 Å². The van der Waals surface area contributed by atoms with E-state index in [2.05, 4.69) is 9.71 Å². The molecule has 0 spiro atoms. The second-order valence-corrected chi connectivity index (χ2v) is 6.06. The summed E-state index contributed by atoms with van der Waals surface area (Å²) in [5.41, 5.74) is 0.716. The molecule has 0 fully saturated rings. The summed E-state index contributed by atoms with van der Waals surface area (Å²) < 4.78 is 26.0. The molecule has 0 radical (unpaired) electrons. The molecule has 0 aliphatic heterocycles. The molecule has 6 heteroatoms. The van der Waals surface area contributed by atoms with Crippen molar-refractivity contribution in [3.8, 4) is 0 Å². The van der Waals surface area contributed by atoms with Gasteiger partial charge in [0.05, 0.1) is 17.5 Å². The van der Waals surface area contributed by atoms with Gasteiger partial charge < -0.3 is 0 Å². The summed E-state index contributed by atoms with van der Waals surface area (Å²) in [6.45, 7) is 1.78. The van der Waals surface area contributed by atoms with Crippen LogP contribution in [0.25, 0.3) is 0 Å². The minimum absolute atomic E-state index is 0.108. The minimum Gasteiger partial charge on any atom is -0.260 e. The number of unbranched alkanes of at least 4 members (excludes halogenated alkanes) is 1. The number of pyridine rings is 1. The Hall–Kier alpha value is -0.650. The number of nitrogens with one attached hydrogen (secondary N) is 1. The maximum Gasteiger partial charge on any atom is 0.212 e. The summed E-state index contributed by atoms with van der Waals surface area (Å²) in [5, 5.41) is 0. The van der Waals surface area contributed by atoms with E-state index in [0.29, 0.717) is 24.4 Å². The summed E-state index contributed by atoms with van der Waals surface area (Å²) in [6, 6.07) is 5.12. The molecule has 1 aromatic rings. The lowest BCUT2D eigenvalue weighted by molar-refractivity contribution is 0.561. The van der Waals surface area contributed by atoms with Gasteiger partial charge in [-0.25, -0.2) is 13.1 Å². The lowest BCUT2D eigenvalue weighted by atomic mass is 10.2. The molecule has 0 amide bonds. The molecule has 1 N–H and O–H groups in total. The summed E-state index contributed by atoms with van der Waals surface area (Å²) in [7, 11) is -3.25. The third kappa shape index (κ3) is 5.48. The number of sulfonamides is 1. The van der Waals surface area contributed by atoms with Gasteiger partial charge in [-0.05, 0) is 31.9 Å². The third-order valence-electron chi connectivity index (χ3n) is 2.28. The molecule has 0 bridgehead atoms. The van der Waals surface area contributed by atoms with Gasteiger partial charge in [0.25, 0.3) is 0 Å². The molecule has 17 heavy (non-hydrogen) atoms. The number of nitrogens with zero attached hydrogens (tertiary/aromatic N) is 1. The Kier molecular flexibility index (Phi) is 5.88. The van der Waals surface area contributed by atoms with E-state index in [1.54, 1.807) is 25.3 Å². The molecule has 1 heterocycles. The first kappa shape index (κ1) is 14.4. The zero-order chi connectivity index (χ0) is 12.7. The lowest BCUT2D eigenvalue weighted by Crippen LogP contribution is -2.29. The molecule has 0 aliphatic rings. The molecule has 0 saturated heterocycles. The number of hydrogen-bond acceptors (Lipinski definition) is 3. The van der Waals surface area contributed by atoms with Crippen molar-refractivity contribution in [3.63, 3.8) is 0 Å². The third-order valence-corrected chi connectivity index (χ3v) is 4.09. The molecule has 96 valence electrons. The molecule has 4 nitrogen and oxygen atoms in total. The summed E-state index contributed by atoms with van der Waals surface area (Å²) in [4.78, 5) is 4.11. The van der Waals surface area contributed by atoms with Crippen molar-refractivity contribution in [3.05, 3.63) is 30.1 Å². The van der Waals surface area contributed by atoms with E-state index in [-0.39, 0.29) is 11.8 Å². The number of alkyl halides is 1. The molecule has 0 unspecified atom stereocenters. The summed E-state index contributed by atoms with van der Waals surface area (Å²) in [5.74, 6) is 0.599. The van der Waals surface area contributed by atoms with Crippen molar-refractivity contribution in [2.45, 2.75) is 25.8 Å². The van der Waals surface area contributed by atoms with Gasteiger partial charge in [-0.2, -0.15) is 0 Å². The first-order chi connectivity index (χ1) is 8.05. The van der Waals surface area contributed by atoms with Crippen molar-refractivity contribution in [1.29, 1.82) is 0 Å². The first-order valence-electron chi connectivity index (χ1n) is 5.52. The van der Waals surface area contributed by atoms with Crippen LogP contribution in [0.2, 0.25) is 0 Å². The van der Waals surface area contributed by atoms with Gasteiger partial charge in [-0.3, -0.25) is 4.98 Å². The van der Waals surface area contributed by atoms with E-state index in [9.17, 15) is 8.42 Å². The maximum atomic E-state index is 11.7. The molecule has 1 rings (SSSR count). The summed E-state index contributed by atoms with van der Waals surface area (Å²) >= 11 is 5.51. The highest BCUT2D eigenvalue weighted by Crippen LogP contribution is 2.10. The minimum atomic E-state index is -3.25. The smallest absolute Gasteiger partial charge is 0.212 e. The van der Waals surface area contributed by atoms with Crippen LogP contribution in [-0.2, 0) is 10.0 Å². The second-order valence-electron chi connectivity index (χ2n) is 3.81. The normalized spacial score (nSPS) is 13.5. The van der Waals surface area contributed by atoms with Crippen LogP contribution in [0.4, 0.5) is 0 Å². The Balaban J connectivity index is 2.53. The van der Waals surface area contributed by atoms with Crippen LogP contribution < -0.4 is 4.72 Å². The topological polar surface area (TPSA) is 59.1 Å². The molecule has 0 saturated carbocycles. The van der Waals surface area contributed by atoms with E-state index in [1.165, 1.54) is 0 Å². The molecule has 1 atom stereocenters. The highest BCUT2D eigenvalue weighted by Gasteiger charge is 2.15. The fraction of sp³-hybridized carbons (Fsp3) is 0.545. The van der Waals surface area contributed by atoms with Crippen LogP contribution in [0.3, 0.4) is 0 Å². The molecular weight excluding hydrogens is 260 g/mol. The van der Waals surface area contributed by atoms with Crippen LogP contribution in [0.15, 0.2) is 24.4 Å². The van der Waals surface area contributed by atoms with Gasteiger partial charge in [0.2, 0.25) is 10.0 Å². The van der Waals surface area contributed by atoms with Crippen LogP contribution >= 0.6 is 11.6 Å². The van der Waals surface area contributed by atoms with Gasteiger partial charge in [-0.1, -0.05) is 6.07 Å². The molecule has 0 aromatic carbocycles. The van der Waals surface area contributed by atoms with Crippen molar-refractivity contribution < 1.29 is 8.42 Å². The standard InChI is InChI=1S/C11H17ClN2O2S/c1-10(11-6-2-4-8-13-11)14-17(15,16)9-5-3-7-12/h2,4,6,8,10,14H,3,5,7,9H2,1H3/t10-/m0/s1. The van der Waals surface area contributed by atoms with Crippen molar-refractivity contribution in [1.82, 2.24) is 9.71 Å². The quantitative estimate of drug-likeness (QED) is 0.613. The zero-order valence-corrected chi connectivity index (χ0v) is 11.3. The Morgan fingerprint density at radius 1 is 1.41 bits per heavy atom. The Labute approximate surface area is 107 Å². The van der Waals surface area contributed by atoms with Gasteiger partial charge in [-0.15, -0.1) is 11.6 Å². The van der Waals surface area contributed by atoms with Crippen molar-refractivity contribution >= 4 is 21.6 Å². The second kappa shape index (κ2) is 6.93. The Morgan fingerprint density at radius 2 is 2.18 bits per heavy atom. The largest absolute Gasteiger partial charge is 0.260 e. The highest BCUT2D eigenvalue weighted by atomic mass is 35.5. The molecule has 1 aromatic heterocycles. The van der Waals surface area contributed by atoms with E-state index < -0.39 is 10.0 Å². The monoisotopic (exact) mass is 276 g/mol. The van der Waals surface area contributed by atoms with Gasteiger partial charge in [0.1, 0.15) is 0 Å². The van der Waals surface area contributed by atoms with Gasteiger partial charge in [0, 0.05) is 12.1 Å². The molecule has 0 aliphatic carbocycles. The Bertz CT molecular complexity index is 422. The maximum absolute atomic E-state index is 11.7. The predicted molar refractivity (Wildman–Crippen MR) is 69.5 cm³/mol. The Morgan fingerprint density at radius 3 is 2.76 bits per heavy atom. The van der Waals surface area contributed by atoms with Gasteiger partial charge in [0.15, 0.2) is 0 Å². The number of halogens is 1. The number of aromatic nitrogens is 1. The average Bonchev–Trinajstić information content (AvgIpc) is 2.30. The van der Waals surface area contributed by atoms with E-state index in [0.717, 1.165) is 0 Å². The SMILES string of the molecule is C[C@H](NS(=O)(=O)CCCCCl)c1ccccn1. The van der Waals surface area contributed by atoms with Crippen LogP contribution in [-0.4, -0.2) is 25.0 Å².